The molecule has 0 aliphatic carbocycles. The smallest absolute Gasteiger partial charge is 0.269 e. The molecule has 8 heteroatoms. The van der Waals surface area contributed by atoms with Gasteiger partial charge in [-0.2, -0.15) is 0 Å². The molecular weight excluding hydrogens is 338 g/mol. The third-order valence-corrected chi connectivity index (χ3v) is 3.91. The van der Waals surface area contributed by atoms with Gasteiger partial charge in [-0.3, -0.25) is 10.1 Å². The molecule has 0 radical (unpaired) electrons. The Bertz CT molecular complexity index is 658. The zero-order valence-electron chi connectivity index (χ0n) is 13.1. The summed E-state index contributed by atoms with van der Waals surface area (Å²) < 4.78 is 11.0. The number of carbonyl (C=O) groups is 1. The number of halogens is 1. The first-order chi connectivity index (χ1) is 10.9. The number of nitrogens with zero attached hydrogens (tertiary/aromatic N) is 2. The topological polar surface area (TPSA) is 73.3 Å². The molecule has 1 heterocycles. The van der Waals surface area contributed by atoms with Gasteiger partial charge in [0.15, 0.2) is 5.60 Å². The van der Waals surface area contributed by atoms with Crippen molar-refractivity contribution in [3.63, 3.8) is 0 Å². The maximum absolute atomic E-state index is 12.4. The van der Waals surface area contributed by atoms with Crippen LogP contribution in [0, 0.1) is 0 Å². The average Bonchev–Trinajstić information content (AvgIpc) is 2.95. The Morgan fingerprint density at radius 1 is 1.30 bits per heavy atom. The fourth-order valence-corrected chi connectivity index (χ4v) is 2.44. The largest absolute Gasteiger partial charge is 0.478 e. The summed E-state index contributed by atoms with van der Waals surface area (Å²) in [5, 5.41) is 12.3. The number of ether oxygens (including phenoxy) is 2. The van der Waals surface area contributed by atoms with Crippen LogP contribution >= 0.6 is 22.9 Å². The monoisotopic (exact) mass is 355 g/mol. The lowest BCUT2D eigenvalue weighted by molar-refractivity contribution is -0.128. The Morgan fingerprint density at radius 3 is 2.65 bits per heavy atom. The van der Waals surface area contributed by atoms with Crippen molar-refractivity contribution in [1.82, 2.24) is 10.2 Å². The molecular formula is C15H18ClN3O3S. The summed E-state index contributed by atoms with van der Waals surface area (Å²) in [5.41, 5.74) is -1.07. The summed E-state index contributed by atoms with van der Waals surface area (Å²) in [6.45, 7) is 6.25. The lowest BCUT2D eigenvalue weighted by atomic mass is 10.1. The van der Waals surface area contributed by atoms with Gasteiger partial charge in [-0.05, 0) is 45.0 Å². The third-order valence-electron chi connectivity index (χ3n) is 2.85. The molecule has 1 amide bonds. The van der Waals surface area contributed by atoms with E-state index in [2.05, 4.69) is 15.5 Å². The standard InChI is InChI=1S/C15H18ClN3O3S/c1-4-21-9-12-18-19-14(23-12)17-13(20)15(2,3)22-11-7-5-10(16)6-8-11/h5-8H,4,9H2,1-3H3,(H,17,19,20). The minimum Gasteiger partial charge on any atom is -0.478 e. The van der Waals surface area contributed by atoms with E-state index in [0.29, 0.717) is 34.1 Å². The van der Waals surface area contributed by atoms with Gasteiger partial charge in [0.2, 0.25) is 5.13 Å². The van der Waals surface area contributed by atoms with E-state index in [4.69, 9.17) is 21.1 Å². The maximum atomic E-state index is 12.4. The Morgan fingerprint density at radius 2 is 2.00 bits per heavy atom. The number of hydrogen-bond donors (Lipinski definition) is 1. The molecule has 1 aromatic heterocycles. The lowest BCUT2D eigenvalue weighted by Crippen LogP contribution is -2.42. The Kier molecular flexibility index (Phi) is 5.92. The zero-order chi connectivity index (χ0) is 16.9. The van der Waals surface area contributed by atoms with E-state index in [9.17, 15) is 4.79 Å². The minimum absolute atomic E-state index is 0.313. The maximum Gasteiger partial charge on any atom is 0.269 e. The van der Waals surface area contributed by atoms with Crippen molar-refractivity contribution in [2.45, 2.75) is 33.0 Å². The molecule has 2 aromatic rings. The molecule has 23 heavy (non-hydrogen) atoms. The van der Waals surface area contributed by atoms with Crippen molar-refractivity contribution in [3.8, 4) is 5.75 Å². The van der Waals surface area contributed by atoms with Crippen LogP contribution in [0.1, 0.15) is 25.8 Å². The zero-order valence-corrected chi connectivity index (χ0v) is 14.7. The molecule has 0 saturated heterocycles. The molecule has 124 valence electrons. The van der Waals surface area contributed by atoms with Gasteiger partial charge >= 0.3 is 0 Å². The Hall–Kier alpha value is -1.70. The van der Waals surface area contributed by atoms with E-state index in [1.165, 1.54) is 11.3 Å². The number of amides is 1. The molecule has 2 rings (SSSR count). The molecule has 0 fully saturated rings. The second-order valence-corrected chi connectivity index (χ2v) is 6.66. The summed E-state index contributed by atoms with van der Waals surface area (Å²) in [5.74, 6) is 0.246. The predicted octanol–water partition coefficient (Wildman–Crippen LogP) is 3.52. The number of hydrogen-bond acceptors (Lipinski definition) is 6. The van der Waals surface area contributed by atoms with Gasteiger partial charge in [-0.25, -0.2) is 0 Å². The van der Waals surface area contributed by atoms with Crippen molar-refractivity contribution in [2.24, 2.45) is 0 Å². The van der Waals surface area contributed by atoms with Crippen LogP contribution in [0.15, 0.2) is 24.3 Å². The summed E-state index contributed by atoms with van der Waals surface area (Å²) in [6, 6.07) is 6.83. The van der Waals surface area contributed by atoms with Gasteiger partial charge in [0.05, 0.1) is 0 Å². The molecule has 0 bridgehead atoms. The highest BCUT2D eigenvalue weighted by Crippen LogP contribution is 2.23. The van der Waals surface area contributed by atoms with Crippen molar-refractivity contribution in [3.05, 3.63) is 34.3 Å². The van der Waals surface area contributed by atoms with Gasteiger partial charge in [-0.15, -0.1) is 10.2 Å². The van der Waals surface area contributed by atoms with Crippen LogP contribution in [0.25, 0.3) is 0 Å². The van der Waals surface area contributed by atoms with E-state index >= 15 is 0 Å². The van der Waals surface area contributed by atoms with Crippen LogP contribution in [-0.2, 0) is 16.1 Å². The molecule has 0 aliphatic heterocycles. The van der Waals surface area contributed by atoms with Gasteiger partial charge in [0, 0.05) is 11.6 Å². The van der Waals surface area contributed by atoms with Crippen LogP contribution < -0.4 is 10.1 Å². The average molecular weight is 356 g/mol. The number of aromatic nitrogens is 2. The quantitative estimate of drug-likeness (QED) is 0.822. The molecule has 1 aromatic carbocycles. The highest BCUT2D eigenvalue weighted by molar-refractivity contribution is 7.15. The summed E-state index contributed by atoms with van der Waals surface area (Å²) in [7, 11) is 0. The van der Waals surface area contributed by atoms with Crippen molar-refractivity contribution in [1.29, 1.82) is 0 Å². The van der Waals surface area contributed by atoms with Gasteiger partial charge in [-0.1, -0.05) is 22.9 Å². The first-order valence-electron chi connectivity index (χ1n) is 7.07. The van der Waals surface area contributed by atoms with Crippen molar-refractivity contribution < 1.29 is 14.3 Å². The first kappa shape index (κ1) is 17.7. The SMILES string of the molecule is CCOCc1nnc(NC(=O)C(C)(C)Oc2ccc(Cl)cc2)s1. The summed E-state index contributed by atoms with van der Waals surface area (Å²) in [6.07, 6.45) is 0. The fraction of sp³-hybridized carbons (Fsp3) is 0.400. The molecule has 0 unspecified atom stereocenters. The molecule has 0 aliphatic rings. The highest BCUT2D eigenvalue weighted by atomic mass is 35.5. The Balaban J connectivity index is 1.97. The van der Waals surface area contributed by atoms with E-state index in [-0.39, 0.29) is 5.91 Å². The van der Waals surface area contributed by atoms with E-state index in [1.807, 2.05) is 6.92 Å². The lowest BCUT2D eigenvalue weighted by Gasteiger charge is -2.24. The number of rotatable bonds is 7. The number of anilines is 1. The fourth-order valence-electron chi connectivity index (χ4n) is 1.64. The van der Waals surface area contributed by atoms with Crippen LogP contribution in [0.5, 0.6) is 5.75 Å². The van der Waals surface area contributed by atoms with Crippen LogP contribution in [-0.4, -0.2) is 28.3 Å². The third kappa shape index (κ3) is 5.16. The molecule has 0 atom stereocenters. The molecule has 0 spiro atoms. The summed E-state index contributed by atoms with van der Waals surface area (Å²) >= 11 is 7.11. The Labute approximate surface area is 143 Å². The van der Waals surface area contributed by atoms with E-state index in [0.717, 1.165) is 0 Å². The van der Waals surface area contributed by atoms with E-state index in [1.54, 1.807) is 38.1 Å². The number of nitrogens with one attached hydrogen (secondary N) is 1. The van der Waals surface area contributed by atoms with Crippen molar-refractivity contribution >= 4 is 34.0 Å². The van der Waals surface area contributed by atoms with E-state index < -0.39 is 5.60 Å². The van der Waals surface area contributed by atoms with Gasteiger partial charge in [0.25, 0.3) is 5.91 Å². The normalized spacial score (nSPS) is 11.3. The highest BCUT2D eigenvalue weighted by Gasteiger charge is 2.31. The second kappa shape index (κ2) is 7.72. The van der Waals surface area contributed by atoms with Crippen LogP contribution in [0.4, 0.5) is 5.13 Å². The molecule has 6 nitrogen and oxygen atoms in total. The molecule has 0 saturated carbocycles. The first-order valence-corrected chi connectivity index (χ1v) is 8.26. The van der Waals surface area contributed by atoms with Gasteiger partial charge < -0.3 is 9.47 Å². The summed E-state index contributed by atoms with van der Waals surface area (Å²) in [4.78, 5) is 12.4. The van der Waals surface area contributed by atoms with Crippen LogP contribution in [0.3, 0.4) is 0 Å². The van der Waals surface area contributed by atoms with Crippen molar-refractivity contribution in [2.75, 3.05) is 11.9 Å². The number of carbonyl (C=O) groups excluding carboxylic acids is 1. The minimum atomic E-state index is -1.07. The molecule has 1 N–H and O–H groups in total. The number of benzene rings is 1. The second-order valence-electron chi connectivity index (χ2n) is 5.16. The predicted molar refractivity (Wildman–Crippen MR) is 90.0 cm³/mol. The van der Waals surface area contributed by atoms with Crippen LogP contribution in [0.2, 0.25) is 5.02 Å². The van der Waals surface area contributed by atoms with Gasteiger partial charge in [0.1, 0.15) is 17.4 Å².